The van der Waals surface area contributed by atoms with E-state index in [2.05, 4.69) is 15.0 Å². The summed E-state index contributed by atoms with van der Waals surface area (Å²) in [6.45, 7) is 0. The molecule has 26 heavy (non-hydrogen) atoms. The van der Waals surface area contributed by atoms with Gasteiger partial charge < -0.3 is 15.7 Å². The van der Waals surface area contributed by atoms with Crippen LogP contribution in [0.3, 0.4) is 0 Å². The first kappa shape index (κ1) is 15.8. The molecule has 7 heteroatoms. The van der Waals surface area contributed by atoms with E-state index in [1.54, 1.807) is 24.4 Å². The summed E-state index contributed by atoms with van der Waals surface area (Å²) in [5, 5.41) is 10.8. The van der Waals surface area contributed by atoms with Gasteiger partial charge in [-0.05, 0) is 24.3 Å². The molecule has 0 radical (unpaired) electrons. The van der Waals surface area contributed by atoms with Gasteiger partial charge in [0.15, 0.2) is 5.82 Å². The molecule has 0 atom stereocenters. The van der Waals surface area contributed by atoms with Crippen LogP contribution in [0.1, 0.15) is 10.4 Å². The first-order chi connectivity index (χ1) is 12.5. The smallest absolute Gasteiger partial charge is 0.335 e. The molecule has 4 aromatic rings. The Morgan fingerprint density at radius 3 is 2.58 bits per heavy atom. The van der Waals surface area contributed by atoms with Crippen molar-refractivity contribution in [3.8, 4) is 0 Å². The Hall–Kier alpha value is -3.74. The standard InChI is InChI=1S/C19H15N5O2/c1-24(12-5-3-2-4-6-12)17-16-14(10-21-19(20)23-16)13-8-7-11(18(25)26)9-15(13)22-17/h2-10H,1H3,(H,25,26)(H2,20,21,23). The lowest BCUT2D eigenvalue weighted by molar-refractivity contribution is 0.0697. The zero-order chi connectivity index (χ0) is 18.3. The lowest BCUT2D eigenvalue weighted by Gasteiger charge is -2.20. The van der Waals surface area contributed by atoms with Crippen molar-refractivity contribution in [1.82, 2.24) is 15.0 Å². The van der Waals surface area contributed by atoms with Crippen LogP contribution in [0.15, 0.2) is 54.7 Å². The molecule has 3 N–H and O–H groups in total. The second-order valence-electron chi connectivity index (χ2n) is 5.86. The molecular weight excluding hydrogens is 330 g/mol. The van der Waals surface area contributed by atoms with E-state index in [4.69, 9.17) is 5.73 Å². The van der Waals surface area contributed by atoms with Crippen molar-refractivity contribution in [2.24, 2.45) is 0 Å². The van der Waals surface area contributed by atoms with E-state index in [1.807, 2.05) is 42.3 Å². The maximum absolute atomic E-state index is 11.3. The molecule has 0 aliphatic rings. The van der Waals surface area contributed by atoms with E-state index in [1.165, 1.54) is 0 Å². The first-order valence-corrected chi connectivity index (χ1v) is 7.92. The van der Waals surface area contributed by atoms with E-state index < -0.39 is 5.97 Å². The molecule has 2 heterocycles. The first-order valence-electron chi connectivity index (χ1n) is 7.92. The number of benzene rings is 2. The number of aromatic carboxylic acids is 1. The SMILES string of the molecule is CN(c1ccccc1)c1nc2cc(C(=O)O)ccc2c2cnc(N)nc12. The minimum Gasteiger partial charge on any atom is -0.478 e. The third kappa shape index (κ3) is 2.55. The monoisotopic (exact) mass is 345 g/mol. The van der Waals surface area contributed by atoms with Crippen LogP contribution in [0, 0.1) is 0 Å². The summed E-state index contributed by atoms with van der Waals surface area (Å²) in [6, 6.07) is 14.5. The number of carboxylic acid groups (broad SMARTS) is 1. The highest BCUT2D eigenvalue weighted by Crippen LogP contribution is 2.33. The number of fused-ring (bicyclic) bond motifs is 3. The summed E-state index contributed by atoms with van der Waals surface area (Å²) in [6.07, 6.45) is 1.64. The van der Waals surface area contributed by atoms with Crippen LogP contribution >= 0.6 is 0 Å². The maximum atomic E-state index is 11.3. The predicted molar refractivity (Wildman–Crippen MR) is 101 cm³/mol. The molecule has 0 saturated carbocycles. The van der Waals surface area contributed by atoms with E-state index in [0.717, 1.165) is 16.5 Å². The molecule has 7 nitrogen and oxygen atoms in total. The quantitative estimate of drug-likeness (QED) is 0.549. The molecule has 0 unspecified atom stereocenters. The van der Waals surface area contributed by atoms with Crippen LogP contribution in [0.2, 0.25) is 0 Å². The van der Waals surface area contributed by atoms with Crippen LogP contribution in [0.4, 0.5) is 17.5 Å². The fourth-order valence-corrected chi connectivity index (χ4v) is 2.92. The highest BCUT2D eigenvalue weighted by atomic mass is 16.4. The number of nitrogens with zero attached hydrogens (tertiary/aromatic N) is 4. The van der Waals surface area contributed by atoms with Gasteiger partial charge in [0.1, 0.15) is 5.52 Å². The van der Waals surface area contributed by atoms with Gasteiger partial charge in [-0.2, -0.15) is 0 Å². The minimum atomic E-state index is -1.000. The molecule has 2 aromatic heterocycles. The molecule has 128 valence electrons. The topological polar surface area (TPSA) is 105 Å². The minimum absolute atomic E-state index is 0.156. The summed E-state index contributed by atoms with van der Waals surface area (Å²) in [5.74, 6) is -0.265. The van der Waals surface area contributed by atoms with Crippen LogP contribution in [0.25, 0.3) is 21.8 Å². The van der Waals surface area contributed by atoms with Gasteiger partial charge in [-0.1, -0.05) is 24.3 Å². The van der Waals surface area contributed by atoms with Crippen molar-refractivity contribution in [3.05, 3.63) is 60.3 Å². The Balaban J connectivity index is 2.05. The summed E-state index contributed by atoms with van der Waals surface area (Å²) < 4.78 is 0. The number of pyridine rings is 1. The number of rotatable bonds is 3. The zero-order valence-corrected chi connectivity index (χ0v) is 13.9. The van der Waals surface area contributed by atoms with E-state index in [9.17, 15) is 9.90 Å². The molecule has 0 bridgehead atoms. The summed E-state index contributed by atoms with van der Waals surface area (Å²) >= 11 is 0. The van der Waals surface area contributed by atoms with Gasteiger partial charge in [0.25, 0.3) is 0 Å². The van der Waals surface area contributed by atoms with E-state index in [0.29, 0.717) is 16.9 Å². The van der Waals surface area contributed by atoms with Crippen LogP contribution in [-0.2, 0) is 0 Å². The second-order valence-corrected chi connectivity index (χ2v) is 5.86. The van der Waals surface area contributed by atoms with Crippen LogP contribution in [0.5, 0.6) is 0 Å². The van der Waals surface area contributed by atoms with E-state index >= 15 is 0 Å². The number of nitrogen functional groups attached to an aromatic ring is 1. The number of hydrogen-bond donors (Lipinski definition) is 2. The second kappa shape index (κ2) is 5.96. The molecule has 2 aromatic carbocycles. The van der Waals surface area contributed by atoms with Gasteiger partial charge in [0, 0.05) is 29.7 Å². The van der Waals surface area contributed by atoms with Crippen molar-refractivity contribution >= 4 is 45.2 Å². The fraction of sp³-hybridized carbons (Fsp3) is 0.0526. The molecule has 0 spiro atoms. The zero-order valence-electron chi connectivity index (χ0n) is 13.9. The lowest BCUT2D eigenvalue weighted by atomic mass is 10.1. The van der Waals surface area contributed by atoms with Crippen molar-refractivity contribution in [2.75, 3.05) is 17.7 Å². The number of anilines is 3. The van der Waals surface area contributed by atoms with E-state index in [-0.39, 0.29) is 11.5 Å². The number of aromatic nitrogens is 3. The number of para-hydroxylation sites is 1. The average Bonchev–Trinajstić information content (AvgIpc) is 2.66. The predicted octanol–water partition coefficient (Wildman–Crippen LogP) is 3.23. The Labute approximate surface area is 148 Å². The molecule has 0 fully saturated rings. The maximum Gasteiger partial charge on any atom is 0.335 e. The van der Waals surface area contributed by atoms with Crippen molar-refractivity contribution in [3.63, 3.8) is 0 Å². The molecule has 0 saturated heterocycles. The van der Waals surface area contributed by atoms with Crippen molar-refractivity contribution in [2.45, 2.75) is 0 Å². The Bertz CT molecular complexity index is 1140. The van der Waals surface area contributed by atoms with Crippen LogP contribution in [-0.4, -0.2) is 33.1 Å². The molecule has 4 rings (SSSR count). The highest BCUT2D eigenvalue weighted by Gasteiger charge is 2.16. The lowest BCUT2D eigenvalue weighted by Crippen LogP contribution is -2.13. The molecule has 0 aliphatic heterocycles. The third-order valence-corrected chi connectivity index (χ3v) is 4.24. The van der Waals surface area contributed by atoms with Gasteiger partial charge in [-0.15, -0.1) is 0 Å². The highest BCUT2D eigenvalue weighted by molar-refractivity contribution is 6.10. The van der Waals surface area contributed by atoms with Crippen molar-refractivity contribution < 1.29 is 9.90 Å². The summed E-state index contributed by atoms with van der Waals surface area (Å²) in [7, 11) is 1.88. The molecule has 0 aliphatic carbocycles. The number of carbonyl (C=O) groups is 1. The molecular formula is C19H15N5O2. The van der Waals surface area contributed by atoms with Gasteiger partial charge in [0.05, 0.1) is 11.1 Å². The summed E-state index contributed by atoms with van der Waals surface area (Å²) in [4.78, 5) is 26.4. The largest absolute Gasteiger partial charge is 0.478 e. The number of carboxylic acids is 1. The number of hydrogen-bond acceptors (Lipinski definition) is 6. The number of nitrogens with two attached hydrogens (primary N) is 1. The van der Waals surface area contributed by atoms with Crippen molar-refractivity contribution in [1.29, 1.82) is 0 Å². The van der Waals surface area contributed by atoms with Crippen LogP contribution < -0.4 is 10.6 Å². The Morgan fingerprint density at radius 2 is 1.85 bits per heavy atom. The van der Waals surface area contributed by atoms with Gasteiger partial charge in [-0.3, -0.25) is 0 Å². The summed E-state index contributed by atoms with van der Waals surface area (Å²) in [5.41, 5.74) is 8.06. The third-order valence-electron chi connectivity index (χ3n) is 4.24. The van der Waals surface area contributed by atoms with Gasteiger partial charge in [0.2, 0.25) is 5.95 Å². The average molecular weight is 345 g/mol. The Morgan fingerprint density at radius 1 is 1.08 bits per heavy atom. The fourth-order valence-electron chi connectivity index (χ4n) is 2.92. The Kier molecular flexibility index (Phi) is 3.62. The molecule has 0 amide bonds. The van der Waals surface area contributed by atoms with Gasteiger partial charge >= 0.3 is 5.97 Å². The normalized spacial score (nSPS) is 11.0. The van der Waals surface area contributed by atoms with Gasteiger partial charge in [-0.25, -0.2) is 19.7 Å².